The largest absolute Gasteiger partial charge is 0.494 e. The highest BCUT2D eigenvalue weighted by Gasteiger charge is 2.20. The third-order valence-corrected chi connectivity index (χ3v) is 5.35. The van der Waals surface area contributed by atoms with Crippen LogP contribution in [0.2, 0.25) is 0 Å². The number of unbranched alkanes of at least 4 members (excludes halogenated alkanes) is 1. The third-order valence-electron chi connectivity index (χ3n) is 3.11. The van der Waals surface area contributed by atoms with E-state index >= 15 is 0 Å². The van der Waals surface area contributed by atoms with Crippen molar-refractivity contribution < 1.29 is 17.5 Å². The Labute approximate surface area is 130 Å². The fraction of sp³-hybridized carbons (Fsp3) is 0.571. The van der Waals surface area contributed by atoms with Crippen molar-refractivity contribution in [2.75, 3.05) is 25.3 Å². The van der Waals surface area contributed by atoms with E-state index in [0.29, 0.717) is 30.8 Å². The highest BCUT2D eigenvalue weighted by molar-refractivity contribution is 7.89. The van der Waals surface area contributed by atoms with E-state index in [1.807, 2.05) is 0 Å². The molecule has 120 valence electrons. The summed E-state index contributed by atoms with van der Waals surface area (Å²) in [5, 5.41) is 0. The predicted octanol–water partition coefficient (Wildman–Crippen LogP) is 3.01. The minimum absolute atomic E-state index is 0.0617. The average molecular weight is 338 g/mol. The molecule has 0 amide bonds. The van der Waals surface area contributed by atoms with Crippen LogP contribution in [0.5, 0.6) is 5.75 Å². The molecular weight excluding hydrogens is 317 g/mol. The molecule has 0 N–H and O–H groups in total. The molecule has 0 fully saturated rings. The van der Waals surface area contributed by atoms with E-state index in [4.69, 9.17) is 16.3 Å². The minimum Gasteiger partial charge on any atom is -0.494 e. The van der Waals surface area contributed by atoms with E-state index < -0.39 is 15.8 Å². The Bertz CT molecular complexity index is 551. The second-order valence-electron chi connectivity index (χ2n) is 4.61. The number of nitrogens with zero attached hydrogens (tertiary/aromatic N) is 1. The number of halogens is 2. The molecule has 0 saturated heterocycles. The first-order chi connectivity index (χ1) is 9.94. The predicted molar refractivity (Wildman–Crippen MR) is 82.8 cm³/mol. The van der Waals surface area contributed by atoms with Gasteiger partial charge in [0, 0.05) is 19.0 Å². The van der Waals surface area contributed by atoms with Crippen molar-refractivity contribution in [1.29, 1.82) is 0 Å². The summed E-state index contributed by atoms with van der Waals surface area (Å²) in [7, 11) is -1.96. The number of benzene rings is 1. The summed E-state index contributed by atoms with van der Waals surface area (Å²) in [6.07, 6.45) is 1.19. The van der Waals surface area contributed by atoms with Gasteiger partial charge in [-0.15, -0.1) is 11.6 Å². The van der Waals surface area contributed by atoms with Crippen LogP contribution >= 0.6 is 11.6 Å². The van der Waals surface area contributed by atoms with Gasteiger partial charge in [-0.3, -0.25) is 0 Å². The maximum atomic E-state index is 13.6. The monoisotopic (exact) mass is 337 g/mol. The number of alkyl halides is 1. The van der Waals surface area contributed by atoms with Gasteiger partial charge < -0.3 is 4.74 Å². The van der Waals surface area contributed by atoms with Crippen molar-refractivity contribution >= 4 is 21.6 Å². The van der Waals surface area contributed by atoms with Gasteiger partial charge in [0.1, 0.15) is 0 Å². The summed E-state index contributed by atoms with van der Waals surface area (Å²) >= 11 is 5.56. The zero-order valence-corrected chi connectivity index (χ0v) is 13.9. The molecule has 0 atom stereocenters. The zero-order valence-electron chi connectivity index (χ0n) is 12.3. The standard InChI is InChI=1S/C14H21ClFNO3S/c1-3-17(21(18,19)9-5-4-8-15)11-12-6-7-14(20-2)13(16)10-12/h6-7,10H,3-5,8-9,11H2,1-2H3. The Hall–Kier alpha value is -0.850. The molecule has 0 aromatic heterocycles. The first-order valence-corrected chi connectivity index (χ1v) is 8.95. The summed E-state index contributed by atoms with van der Waals surface area (Å²) in [6.45, 7) is 2.26. The normalized spacial score (nSPS) is 11.9. The van der Waals surface area contributed by atoms with Crippen molar-refractivity contribution in [2.24, 2.45) is 0 Å². The number of ether oxygens (including phenoxy) is 1. The molecule has 0 aliphatic rings. The smallest absolute Gasteiger partial charge is 0.214 e. The van der Waals surface area contributed by atoms with Crippen LogP contribution < -0.4 is 4.74 Å². The number of methoxy groups -OCH3 is 1. The highest BCUT2D eigenvalue weighted by Crippen LogP contribution is 2.19. The molecule has 0 bridgehead atoms. The van der Waals surface area contributed by atoms with Crippen molar-refractivity contribution in [2.45, 2.75) is 26.3 Å². The molecule has 7 heteroatoms. The maximum Gasteiger partial charge on any atom is 0.214 e. The van der Waals surface area contributed by atoms with E-state index in [1.54, 1.807) is 13.0 Å². The Morgan fingerprint density at radius 3 is 2.57 bits per heavy atom. The van der Waals surface area contributed by atoms with E-state index in [-0.39, 0.29) is 18.0 Å². The molecule has 0 aliphatic heterocycles. The minimum atomic E-state index is -3.35. The van der Waals surface area contributed by atoms with E-state index in [9.17, 15) is 12.8 Å². The number of hydrogen-bond acceptors (Lipinski definition) is 3. The van der Waals surface area contributed by atoms with Crippen LogP contribution in [-0.4, -0.2) is 38.0 Å². The van der Waals surface area contributed by atoms with Gasteiger partial charge >= 0.3 is 0 Å². The molecule has 0 radical (unpaired) electrons. The molecular formula is C14H21ClFNO3S. The third kappa shape index (κ3) is 5.45. The van der Waals surface area contributed by atoms with Crippen LogP contribution in [0, 0.1) is 5.82 Å². The second-order valence-corrected chi connectivity index (χ2v) is 7.07. The van der Waals surface area contributed by atoms with Gasteiger partial charge in [-0.25, -0.2) is 12.8 Å². The topological polar surface area (TPSA) is 46.6 Å². The first kappa shape index (κ1) is 18.2. The van der Waals surface area contributed by atoms with Gasteiger partial charge in [0.15, 0.2) is 11.6 Å². The van der Waals surface area contributed by atoms with Gasteiger partial charge in [-0.05, 0) is 30.5 Å². The fourth-order valence-electron chi connectivity index (χ4n) is 1.93. The lowest BCUT2D eigenvalue weighted by atomic mass is 10.2. The summed E-state index contributed by atoms with van der Waals surface area (Å²) < 4.78 is 44.3. The second kappa shape index (κ2) is 8.56. The molecule has 0 unspecified atom stereocenters. The highest BCUT2D eigenvalue weighted by atomic mass is 35.5. The zero-order chi connectivity index (χ0) is 15.9. The molecule has 0 spiro atoms. The maximum absolute atomic E-state index is 13.6. The van der Waals surface area contributed by atoms with E-state index in [0.717, 1.165) is 0 Å². The summed E-state index contributed by atoms with van der Waals surface area (Å²) in [6, 6.07) is 4.47. The first-order valence-electron chi connectivity index (χ1n) is 6.80. The Balaban J connectivity index is 2.79. The van der Waals surface area contributed by atoms with Gasteiger partial charge in [0.25, 0.3) is 0 Å². The lowest BCUT2D eigenvalue weighted by molar-refractivity contribution is 0.384. The quantitative estimate of drug-likeness (QED) is 0.514. The van der Waals surface area contributed by atoms with Crippen molar-refractivity contribution in [3.8, 4) is 5.75 Å². The van der Waals surface area contributed by atoms with Crippen LogP contribution in [0.3, 0.4) is 0 Å². The van der Waals surface area contributed by atoms with Crippen molar-refractivity contribution in [1.82, 2.24) is 4.31 Å². The van der Waals surface area contributed by atoms with Crippen LogP contribution in [0.4, 0.5) is 4.39 Å². The van der Waals surface area contributed by atoms with Crippen LogP contribution in [0.1, 0.15) is 25.3 Å². The number of hydrogen-bond donors (Lipinski definition) is 0. The molecule has 1 rings (SSSR count). The molecule has 0 aliphatic carbocycles. The molecule has 21 heavy (non-hydrogen) atoms. The Morgan fingerprint density at radius 1 is 1.33 bits per heavy atom. The van der Waals surface area contributed by atoms with Gasteiger partial charge in [0.2, 0.25) is 10.0 Å². The van der Waals surface area contributed by atoms with Crippen molar-refractivity contribution in [3.63, 3.8) is 0 Å². The average Bonchev–Trinajstić information content (AvgIpc) is 2.45. The molecule has 0 saturated carbocycles. The van der Waals surface area contributed by atoms with Gasteiger partial charge in [0.05, 0.1) is 12.9 Å². The molecule has 1 aromatic rings. The summed E-state index contributed by atoms with van der Waals surface area (Å²) in [4.78, 5) is 0. The summed E-state index contributed by atoms with van der Waals surface area (Å²) in [5.74, 6) is 0.162. The van der Waals surface area contributed by atoms with Gasteiger partial charge in [-0.1, -0.05) is 13.0 Å². The molecule has 0 heterocycles. The van der Waals surface area contributed by atoms with Crippen molar-refractivity contribution in [3.05, 3.63) is 29.6 Å². The fourth-order valence-corrected chi connectivity index (χ4v) is 3.68. The molecule has 1 aromatic carbocycles. The van der Waals surface area contributed by atoms with Crippen LogP contribution in [-0.2, 0) is 16.6 Å². The number of sulfonamides is 1. The van der Waals surface area contributed by atoms with Gasteiger partial charge in [-0.2, -0.15) is 4.31 Å². The lowest BCUT2D eigenvalue weighted by Crippen LogP contribution is -2.32. The van der Waals surface area contributed by atoms with Crippen LogP contribution in [0.15, 0.2) is 18.2 Å². The SMILES string of the molecule is CCN(Cc1ccc(OC)c(F)c1)S(=O)(=O)CCCCCl. The van der Waals surface area contributed by atoms with Crippen LogP contribution in [0.25, 0.3) is 0 Å². The Kier molecular flexibility index (Phi) is 7.42. The van der Waals surface area contributed by atoms with E-state index in [2.05, 4.69) is 0 Å². The Morgan fingerprint density at radius 2 is 2.05 bits per heavy atom. The van der Waals surface area contributed by atoms with E-state index in [1.165, 1.54) is 23.5 Å². The summed E-state index contributed by atoms with van der Waals surface area (Å²) in [5.41, 5.74) is 0.594. The molecule has 4 nitrogen and oxygen atoms in total. The lowest BCUT2D eigenvalue weighted by Gasteiger charge is -2.20. The number of rotatable bonds is 9.